The van der Waals surface area contributed by atoms with E-state index in [9.17, 15) is 0 Å². The van der Waals surface area contributed by atoms with Crippen molar-refractivity contribution in [2.45, 2.75) is 6.92 Å². The van der Waals surface area contributed by atoms with Crippen LogP contribution in [0, 0.1) is 11.8 Å². The lowest BCUT2D eigenvalue weighted by molar-refractivity contribution is 0.595. The second-order valence-corrected chi connectivity index (χ2v) is 13.2. The van der Waals surface area contributed by atoms with Gasteiger partial charge in [0, 0.05) is 33.4 Å². The minimum atomic E-state index is 0.185. The van der Waals surface area contributed by atoms with E-state index in [1.165, 1.54) is 27.1 Å². The van der Waals surface area contributed by atoms with Crippen LogP contribution in [0.15, 0.2) is 168 Å². The van der Waals surface area contributed by atoms with Crippen LogP contribution in [0.5, 0.6) is 0 Å². The van der Waals surface area contributed by atoms with E-state index in [-0.39, 0.29) is 11.8 Å². The molecular weight excluding hydrogens is 611 g/mol. The van der Waals surface area contributed by atoms with Crippen molar-refractivity contribution in [3.05, 3.63) is 169 Å². The van der Waals surface area contributed by atoms with Gasteiger partial charge in [0.25, 0.3) is 0 Å². The summed E-state index contributed by atoms with van der Waals surface area (Å²) in [6.07, 6.45) is 13.1. The van der Waals surface area contributed by atoms with Crippen LogP contribution < -0.4 is 0 Å². The van der Waals surface area contributed by atoms with Crippen LogP contribution in [0.25, 0.3) is 83.0 Å². The number of nitrogens with zero attached hydrogens (tertiary/aromatic N) is 3. The first-order valence-electron chi connectivity index (χ1n) is 17.2. The molecule has 0 aliphatic heterocycles. The predicted octanol–water partition coefficient (Wildman–Crippen LogP) is 11.8. The van der Waals surface area contributed by atoms with Crippen molar-refractivity contribution >= 4 is 49.1 Å². The molecule has 8 aromatic rings. The topological polar surface area (TPSA) is 51.8 Å². The first kappa shape index (κ1) is 28.6. The zero-order chi connectivity index (χ0) is 33.2. The van der Waals surface area contributed by atoms with Gasteiger partial charge in [0.2, 0.25) is 0 Å². The fraction of sp³-hybridized carbons (Fsp3) is 0.0652. The van der Waals surface area contributed by atoms with Crippen LogP contribution in [-0.4, -0.2) is 15.0 Å². The molecule has 6 aromatic carbocycles. The van der Waals surface area contributed by atoms with Crippen molar-refractivity contribution in [3.63, 3.8) is 0 Å². The summed E-state index contributed by atoms with van der Waals surface area (Å²) in [6, 6.07) is 42.4. The largest absolute Gasteiger partial charge is 0.456 e. The van der Waals surface area contributed by atoms with Gasteiger partial charge in [-0.2, -0.15) is 0 Å². The lowest BCUT2D eigenvalue weighted by Crippen LogP contribution is -2.19. The van der Waals surface area contributed by atoms with Crippen LogP contribution in [0.3, 0.4) is 0 Å². The highest BCUT2D eigenvalue weighted by Crippen LogP contribution is 2.46. The van der Waals surface area contributed by atoms with Crippen LogP contribution in [-0.2, 0) is 0 Å². The zero-order valence-electron chi connectivity index (χ0n) is 27.4. The molecule has 2 aliphatic carbocycles. The third kappa shape index (κ3) is 4.49. The van der Waals surface area contributed by atoms with Gasteiger partial charge in [-0.15, -0.1) is 0 Å². The molecular formula is C46H31N3O. The summed E-state index contributed by atoms with van der Waals surface area (Å²) in [5, 5.41) is 6.83. The summed E-state index contributed by atoms with van der Waals surface area (Å²) < 4.78 is 6.50. The Hall–Kier alpha value is -6.39. The van der Waals surface area contributed by atoms with E-state index < -0.39 is 0 Å². The van der Waals surface area contributed by atoms with Crippen LogP contribution in [0.1, 0.15) is 12.7 Å². The van der Waals surface area contributed by atoms with Gasteiger partial charge in [-0.25, -0.2) is 15.0 Å². The molecule has 0 spiro atoms. The molecule has 236 valence electrons. The van der Waals surface area contributed by atoms with Gasteiger partial charge in [0.1, 0.15) is 11.2 Å². The highest BCUT2D eigenvalue weighted by Gasteiger charge is 2.29. The molecule has 0 saturated heterocycles. The summed E-state index contributed by atoms with van der Waals surface area (Å²) in [7, 11) is 0. The molecule has 50 heavy (non-hydrogen) atoms. The summed E-state index contributed by atoms with van der Waals surface area (Å²) >= 11 is 0. The van der Waals surface area contributed by atoms with E-state index in [1.54, 1.807) is 0 Å². The monoisotopic (exact) mass is 641 g/mol. The maximum absolute atomic E-state index is 6.50. The number of aromatic nitrogens is 3. The Labute approximate surface area is 289 Å². The van der Waals surface area contributed by atoms with Crippen molar-refractivity contribution in [1.29, 1.82) is 0 Å². The highest BCUT2D eigenvalue weighted by atomic mass is 16.3. The fourth-order valence-corrected chi connectivity index (χ4v) is 7.89. The van der Waals surface area contributed by atoms with Crippen LogP contribution >= 0.6 is 0 Å². The Kier molecular flexibility index (Phi) is 6.50. The zero-order valence-corrected chi connectivity index (χ0v) is 27.4. The molecule has 0 N–H and O–H groups in total. The maximum atomic E-state index is 6.50. The normalized spacial score (nSPS) is 17.0. The molecule has 0 amide bonds. The molecule has 0 saturated carbocycles. The van der Waals surface area contributed by atoms with E-state index in [2.05, 4.69) is 134 Å². The molecule has 0 radical (unpaired) electrons. The average Bonchev–Trinajstić information content (AvgIpc) is 3.56. The summed E-state index contributed by atoms with van der Waals surface area (Å²) in [4.78, 5) is 15.9. The van der Waals surface area contributed by atoms with Gasteiger partial charge in [0.05, 0.1) is 0 Å². The third-order valence-electron chi connectivity index (χ3n) is 10.3. The molecule has 10 rings (SSSR count). The molecule has 2 heterocycles. The van der Waals surface area contributed by atoms with Crippen LogP contribution in [0.2, 0.25) is 0 Å². The first-order valence-corrected chi connectivity index (χ1v) is 17.2. The SMILES string of the molecule is CC1C(c2nc(-c3ccccc3)nc(-c3c(-c4cc5ccccc5c5ccccc45)ccc4oc5ccccc5c34)n2)=CC=C2C=CC=CC21. The van der Waals surface area contributed by atoms with Crippen molar-refractivity contribution in [3.8, 4) is 33.9 Å². The van der Waals surface area contributed by atoms with Crippen molar-refractivity contribution < 1.29 is 4.42 Å². The Morgan fingerprint density at radius 3 is 2.16 bits per heavy atom. The minimum absolute atomic E-state index is 0.185. The number of hydrogen-bond acceptors (Lipinski definition) is 4. The molecule has 4 heteroatoms. The Morgan fingerprint density at radius 1 is 0.560 bits per heavy atom. The first-order chi connectivity index (χ1) is 24.7. The summed E-state index contributed by atoms with van der Waals surface area (Å²) in [6.45, 7) is 2.27. The third-order valence-corrected chi connectivity index (χ3v) is 10.3. The van der Waals surface area contributed by atoms with Gasteiger partial charge in [0.15, 0.2) is 17.5 Å². The van der Waals surface area contributed by atoms with Gasteiger partial charge in [-0.1, -0.05) is 140 Å². The number of benzene rings is 6. The quantitative estimate of drug-likeness (QED) is 0.179. The number of para-hydroxylation sites is 1. The van der Waals surface area contributed by atoms with Gasteiger partial charge in [-0.3, -0.25) is 0 Å². The summed E-state index contributed by atoms with van der Waals surface area (Å²) in [5.41, 5.74) is 8.10. The Balaban J connectivity index is 1.32. The number of fused-ring (bicyclic) bond motifs is 7. The molecule has 2 atom stereocenters. The van der Waals surface area contributed by atoms with Gasteiger partial charge < -0.3 is 4.42 Å². The van der Waals surface area contributed by atoms with Crippen molar-refractivity contribution in [2.24, 2.45) is 11.8 Å². The minimum Gasteiger partial charge on any atom is -0.456 e. The molecule has 2 aliphatic rings. The Morgan fingerprint density at radius 2 is 1.28 bits per heavy atom. The van der Waals surface area contributed by atoms with Gasteiger partial charge in [-0.05, 0) is 68.4 Å². The van der Waals surface area contributed by atoms with E-state index in [4.69, 9.17) is 19.4 Å². The van der Waals surface area contributed by atoms with E-state index in [0.29, 0.717) is 17.5 Å². The lowest BCUT2D eigenvalue weighted by atomic mass is 9.76. The lowest BCUT2D eigenvalue weighted by Gasteiger charge is -2.29. The van der Waals surface area contributed by atoms with Crippen molar-refractivity contribution in [2.75, 3.05) is 0 Å². The number of furan rings is 1. The van der Waals surface area contributed by atoms with Crippen LogP contribution in [0.4, 0.5) is 0 Å². The number of allylic oxidation sites excluding steroid dienone is 8. The van der Waals surface area contributed by atoms with E-state index >= 15 is 0 Å². The number of rotatable bonds is 4. The van der Waals surface area contributed by atoms with Gasteiger partial charge >= 0.3 is 0 Å². The second kappa shape index (κ2) is 11.4. The van der Waals surface area contributed by atoms with E-state index in [0.717, 1.165) is 49.8 Å². The van der Waals surface area contributed by atoms with Crippen molar-refractivity contribution in [1.82, 2.24) is 15.0 Å². The fourth-order valence-electron chi connectivity index (χ4n) is 7.89. The Bertz CT molecular complexity index is 2780. The predicted molar refractivity (Wildman–Crippen MR) is 205 cm³/mol. The second-order valence-electron chi connectivity index (χ2n) is 13.2. The smallest absolute Gasteiger partial charge is 0.165 e. The standard InChI is InChI=1S/C46H31N3O/c1-28-32-17-7-5-13-29(32)23-24-33(28)45-47-44(30-14-3-2-4-15-30)48-46(49-45)43-37(25-26-41-42(43)38-21-11-12-22-40(38)50-41)39-27-31-16-6-8-18-34(31)35-19-9-10-20-36(35)39/h2-28,32H,1H3. The average molecular weight is 642 g/mol. The summed E-state index contributed by atoms with van der Waals surface area (Å²) in [5.74, 6) is 2.41. The highest BCUT2D eigenvalue weighted by molar-refractivity contribution is 6.19. The molecule has 4 nitrogen and oxygen atoms in total. The van der Waals surface area contributed by atoms with E-state index in [1.807, 2.05) is 30.3 Å². The number of hydrogen-bond donors (Lipinski definition) is 0. The molecule has 2 unspecified atom stereocenters. The molecule has 0 bridgehead atoms. The maximum Gasteiger partial charge on any atom is 0.165 e. The molecule has 0 fully saturated rings. The molecule has 2 aromatic heterocycles.